The molecule has 2 aromatic heterocycles. The largest absolute Gasteiger partial charge is 0.481 e. The van der Waals surface area contributed by atoms with Crippen molar-refractivity contribution in [3.05, 3.63) is 126 Å². The summed E-state index contributed by atoms with van der Waals surface area (Å²) in [6.07, 6.45) is 6.26. The number of carboxylic acids is 1. The number of carbonyl (C=O) groups excluding carboxylic acids is 8. The van der Waals surface area contributed by atoms with Crippen molar-refractivity contribution in [2.45, 2.75) is 126 Å². The van der Waals surface area contributed by atoms with E-state index in [0.29, 0.717) is 41.2 Å². The van der Waals surface area contributed by atoms with Crippen LogP contribution in [0, 0.1) is 0 Å². The molecule has 0 radical (unpaired) electrons. The van der Waals surface area contributed by atoms with E-state index >= 15 is 0 Å². The molecule has 440 valence electrons. The van der Waals surface area contributed by atoms with Gasteiger partial charge in [-0.05, 0) is 47.6 Å². The zero-order valence-corrected chi connectivity index (χ0v) is 47.7. The second kappa shape index (κ2) is 33.4. The van der Waals surface area contributed by atoms with Gasteiger partial charge in [-0.25, -0.2) is 4.98 Å². The molecule has 8 amide bonds. The topological polar surface area (TPSA) is 393 Å². The number of primary amides is 1. The zero-order valence-electron chi connectivity index (χ0n) is 46.0. The third-order valence-electron chi connectivity index (χ3n) is 12.8. The first kappa shape index (κ1) is 64.4. The molecule has 3 aromatic carbocycles. The molecule has 26 heteroatoms. The van der Waals surface area contributed by atoms with Gasteiger partial charge in [-0.1, -0.05) is 92.6 Å². The predicted octanol–water partition coefficient (Wildman–Crippen LogP) is 1.33. The summed E-state index contributed by atoms with van der Waals surface area (Å²) in [6, 6.07) is 15.3. The first-order valence-corrected chi connectivity index (χ1v) is 29.0. The first-order valence-electron chi connectivity index (χ1n) is 26.7. The van der Waals surface area contributed by atoms with Gasteiger partial charge in [-0.3, -0.25) is 48.1 Å². The van der Waals surface area contributed by atoms with Crippen LogP contribution in [0.2, 0.25) is 0 Å². The summed E-state index contributed by atoms with van der Waals surface area (Å²) in [5, 5.41) is 27.8. The molecule has 0 saturated carbocycles. The van der Waals surface area contributed by atoms with Crippen LogP contribution in [-0.4, -0.2) is 140 Å². The lowest BCUT2D eigenvalue weighted by Gasteiger charge is -2.28. The molecule has 0 unspecified atom stereocenters. The number of nitrogens with two attached hydrogens (primary N) is 3. The number of aliphatic imine (C=N–C) groups is 1. The van der Waals surface area contributed by atoms with E-state index in [1.807, 2.05) is 55.5 Å². The van der Waals surface area contributed by atoms with E-state index in [-0.39, 0.29) is 56.1 Å². The maximum absolute atomic E-state index is 14.8. The summed E-state index contributed by atoms with van der Waals surface area (Å²) >= 11 is 2.71. The van der Waals surface area contributed by atoms with E-state index in [9.17, 15) is 38.4 Å². The number of imidazole rings is 1. The number of carbonyl (C=O) groups is 9. The Morgan fingerprint density at radius 2 is 1.32 bits per heavy atom. The van der Waals surface area contributed by atoms with Crippen LogP contribution in [0.5, 0.6) is 0 Å². The summed E-state index contributed by atoms with van der Waals surface area (Å²) < 4.78 is 0. The Balaban J connectivity index is 0.00000298. The number of unbranched alkanes of at least 4 members (excludes halogenated alkanes) is 1. The number of aromatic nitrogens is 3. The fraction of sp³-hybridized carbons (Fsp3) is 0.411. The van der Waals surface area contributed by atoms with Gasteiger partial charge in [0.2, 0.25) is 47.3 Å². The van der Waals surface area contributed by atoms with Gasteiger partial charge in [0, 0.05) is 91.7 Å². The number of para-hydroxylation sites is 1. The molecule has 1 aliphatic heterocycles. The summed E-state index contributed by atoms with van der Waals surface area (Å²) in [7, 11) is 0. The Hall–Kier alpha value is -8.39. The Bertz CT molecular complexity index is 2970. The number of nitrogens with one attached hydrogen (secondary N) is 9. The van der Waals surface area contributed by atoms with E-state index in [1.165, 1.54) is 43.0 Å². The van der Waals surface area contributed by atoms with Crippen LogP contribution in [-0.2, 0) is 73.9 Å². The molecular weight excluding hydrogens is 1090 g/mol. The van der Waals surface area contributed by atoms with E-state index in [1.54, 1.807) is 36.5 Å². The van der Waals surface area contributed by atoms with Crippen LogP contribution in [0.25, 0.3) is 10.9 Å². The lowest BCUT2D eigenvalue weighted by molar-refractivity contribution is -0.135. The van der Waals surface area contributed by atoms with Gasteiger partial charge >= 0.3 is 0 Å². The van der Waals surface area contributed by atoms with Crippen LogP contribution in [0.3, 0.4) is 0 Å². The molecule has 0 spiro atoms. The standard InChI is InChI=1S/C54H70N14O8S2.C2H4O2/c1-3-4-17-40(62-32(2)69)48(71)68-46-30-78-28-35-15-10-14-34(21-35)27-77-29-45(47(55)70)67-51(74)43(23-36-25-60-39-18-9-8-16-38(36)39)65-49(72)41(19-11-20-59-54(56)57)63-50(73)42(22-33-12-6-5-7-13-33)64-52(75)44(66-53(46)76)24-37-26-58-31-61-37;1-2(3)4/h5-10,12-16,18,21,25-26,31,40-46,60H,3-4,11,17,19-20,22-24,27-30H2,1-2H3,(H2,55,70)(H,58,61)(H,62,69)(H,63,73)(H,64,75)(H,65,72)(H,66,76)(H,67,74)(H,68,71)(H4,56,57,59);1H3,(H,3,4)/t40-,41-,42+,43-,44-,45-,46-;/m0./s1. The van der Waals surface area contributed by atoms with Crippen molar-refractivity contribution in [2.75, 3.05) is 18.1 Å². The van der Waals surface area contributed by atoms with Crippen molar-refractivity contribution in [2.24, 2.45) is 22.2 Å². The lowest BCUT2D eigenvalue weighted by Crippen LogP contribution is -2.61. The van der Waals surface area contributed by atoms with Gasteiger partial charge in [0.25, 0.3) is 5.97 Å². The number of benzene rings is 3. The van der Waals surface area contributed by atoms with Crippen molar-refractivity contribution in [3.8, 4) is 0 Å². The Morgan fingerprint density at radius 1 is 0.720 bits per heavy atom. The Morgan fingerprint density at radius 3 is 1.95 bits per heavy atom. The molecule has 2 bridgehead atoms. The number of fused-ring (bicyclic) bond motifs is 3. The van der Waals surface area contributed by atoms with Gasteiger partial charge in [0.05, 0.1) is 6.33 Å². The number of amides is 8. The number of carboxylic acid groups (broad SMARTS) is 1. The summed E-state index contributed by atoms with van der Waals surface area (Å²) in [5.74, 6) is -5.60. The number of H-pyrrole nitrogens is 2. The van der Waals surface area contributed by atoms with Gasteiger partial charge in [0.1, 0.15) is 42.3 Å². The highest BCUT2D eigenvalue weighted by Crippen LogP contribution is 2.22. The molecule has 3 heterocycles. The van der Waals surface area contributed by atoms with E-state index in [4.69, 9.17) is 27.1 Å². The van der Waals surface area contributed by atoms with E-state index in [2.05, 4.69) is 57.2 Å². The number of aromatic amines is 2. The number of hydrogen-bond acceptors (Lipinski definition) is 13. The number of rotatable bonds is 17. The van der Waals surface area contributed by atoms with Crippen LogP contribution in [0.1, 0.15) is 80.8 Å². The summed E-state index contributed by atoms with van der Waals surface area (Å²) in [5.41, 5.74) is 21.5. The number of guanidine groups is 1. The molecule has 6 rings (SSSR count). The summed E-state index contributed by atoms with van der Waals surface area (Å²) in [6.45, 7) is 4.42. The predicted molar refractivity (Wildman–Crippen MR) is 314 cm³/mol. The molecular formula is C56H74N14O10S2. The van der Waals surface area contributed by atoms with Crippen molar-refractivity contribution >= 4 is 93.6 Å². The highest BCUT2D eigenvalue weighted by Gasteiger charge is 2.35. The molecule has 82 heavy (non-hydrogen) atoms. The second-order valence-corrected chi connectivity index (χ2v) is 21.6. The molecule has 16 N–H and O–H groups in total. The maximum Gasteiger partial charge on any atom is 0.300 e. The van der Waals surface area contributed by atoms with Crippen molar-refractivity contribution in [1.29, 1.82) is 0 Å². The molecule has 0 saturated heterocycles. The minimum Gasteiger partial charge on any atom is -0.481 e. The average molecular weight is 1170 g/mol. The average Bonchev–Trinajstić information content (AvgIpc) is 4.34. The van der Waals surface area contributed by atoms with Gasteiger partial charge in [-0.15, -0.1) is 0 Å². The van der Waals surface area contributed by atoms with Crippen molar-refractivity contribution in [1.82, 2.24) is 52.2 Å². The quantitative estimate of drug-likeness (QED) is 0.0355. The van der Waals surface area contributed by atoms with Crippen LogP contribution in [0.4, 0.5) is 0 Å². The second-order valence-electron chi connectivity index (χ2n) is 19.5. The Kier molecular flexibility index (Phi) is 26.2. The number of aliphatic carboxylic acids is 1. The minimum absolute atomic E-state index is 0.0326. The number of hydrogen-bond donors (Lipinski definition) is 13. The minimum atomic E-state index is -1.36. The van der Waals surface area contributed by atoms with E-state index in [0.717, 1.165) is 35.4 Å². The highest BCUT2D eigenvalue weighted by molar-refractivity contribution is 7.98. The number of nitrogens with zero attached hydrogens (tertiary/aromatic N) is 2. The smallest absolute Gasteiger partial charge is 0.300 e. The van der Waals surface area contributed by atoms with Crippen LogP contribution >= 0.6 is 23.5 Å². The third kappa shape index (κ3) is 21.9. The highest BCUT2D eigenvalue weighted by atomic mass is 32.2. The molecule has 0 aliphatic carbocycles. The lowest BCUT2D eigenvalue weighted by atomic mass is 10.0. The normalized spacial score (nSPS) is 20.0. The monoisotopic (exact) mass is 1170 g/mol. The SMILES string of the molecule is CC(=O)O.CCCC[C@H](NC(C)=O)C(=O)N[C@H]1CSCc2cccc(c2)CSC[C@@H](C(N)=O)NC(=O)[C@H](Cc2c[nH]c3ccccc23)NC(=O)[C@H](CCCN=C(N)N)NC(=O)[C@@H](Cc2ccccc2)NC(=O)[C@H](Cc2cnc[nH]2)NC1=O. The van der Waals surface area contributed by atoms with Gasteiger partial charge < -0.3 is 69.5 Å². The van der Waals surface area contributed by atoms with Crippen LogP contribution < -0.4 is 54.4 Å². The molecule has 5 aromatic rings. The van der Waals surface area contributed by atoms with E-state index < -0.39 is 95.5 Å². The molecule has 24 nitrogen and oxygen atoms in total. The van der Waals surface area contributed by atoms with Crippen LogP contribution in [0.15, 0.2) is 103 Å². The first-order chi connectivity index (χ1) is 39.3. The summed E-state index contributed by atoms with van der Waals surface area (Å²) in [4.78, 5) is 136. The number of thioether (sulfide) groups is 2. The molecule has 1 aliphatic rings. The Labute approximate surface area is 483 Å². The van der Waals surface area contributed by atoms with Crippen molar-refractivity contribution in [3.63, 3.8) is 0 Å². The van der Waals surface area contributed by atoms with Gasteiger partial charge in [0.15, 0.2) is 5.96 Å². The molecule has 7 atom stereocenters. The fourth-order valence-electron chi connectivity index (χ4n) is 8.72. The van der Waals surface area contributed by atoms with Gasteiger partial charge in [-0.2, -0.15) is 23.5 Å². The zero-order chi connectivity index (χ0) is 59.6. The third-order valence-corrected chi connectivity index (χ3v) is 15.0. The maximum atomic E-state index is 14.8. The molecule has 0 fully saturated rings. The van der Waals surface area contributed by atoms with Crippen molar-refractivity contribution < 1.29 is 48.3 Å². The fourth-order valence-corrected chi connectivity index (χ4v) is 10.7.